The quantitative estimate of drug-likeness (QED) is 0.790. The van der Waals surface area contributed by atoms with E-state index in [4.69, 9.17) is 0 Å². The molecule has 2 aliphatic rings. The molecule has 4 nitrogen and oxygen atoms in total. The summed E-state index contributed by atoms with van der Waals surface area (Å²) < 4.78 is 29.7. The number of sulfonamides is 1. The molecule has 0 saturated carbocycles. The molecular weight excluding hydrogens is 420 g/mol. The number of aryl methyl sites for hydroxylation is 1. The molecule has 1 aromatic carbocycles. The van der Waals surface area contributed by atoms with Crippen molar-refractivity contribution in [2.45, 2.75) is 43.2 Å². The van der Waals surface area contributed by atoms with Gasteiger partial charge in [-0.25, -0.2) is 13.1 Å². The van der Waals surface area contributed by atoms with Crippen molar-refractivity contribution < 1.29 is 8.42 Å². The number of nitrogens with one attached hydrogen (secondary N) is 1. The molecule has 116 valence electrons. The summed E-state index contributed by atoms with van der Waals surface area (Å²) in [6.45, 7) is 4.03. The smallest absolute Gasteiger partial charge is 0.242 e. The first-order chi connectivity index (χ1) is 9.88. The minimum Gasteiger partial charge on any atom is -0.299 e. The molecule has 0 aromatic heterocycles. The Labute approximate surface area is 142 Å². The summed E-state index contributed by atoms with van der Waals surface area (Å²) in [5.74, 6) is 0. The van der Waals surface area contributed by atoms with Gasteiger partial charge in [0.25, 0.3) is 0 Å². The first-order valence-corrected chi connectivity index (χ1v) is 10.2. The Bertz CT molecular complexity index is 663. The summed E-state index contributed by atoms with van der Waals surface area (Å²) in [7, 11) is -3.51. The van der Waals surface area contributed by atoms with Gasteiger partial charge in [-0.05, 0) is 66.4 Å². The lowest BCUT2D eigenvalue weighted by Gasteiger charge is -2.21. The molecule has 2 atom stereocenters. The molecule has 21 heavy (non-hydrogen) atoms. The van der Waals surface area contributed by atoms with E-state index in [1.54, 1.807) is 6.07 Å². The zero-order chi connectivity index (χ0) is 15.2. The van der Waals surface area contributed by atoms with Crippen molar-refractivity contribution in [3.05, 3.63) is 26.6 Å². The monoisotopic (exact) mass is 436 g/mol. The van der Waals surface area contributed by atoms with Crippen LogP contribution in [0, 0.1) is 6.92 Å². The third-order valence-electron chi connectivity index (χ3n) is 4.42. The highest BCUT2D eigenvalue weighted by Crippen LogP contribution is 2.32. The van der Waals surface area contributed by atoms with Crippen molar-refractivity contribution in [3.63, 3.8) is 0 Å². The van der Waals surface area contributed by atoms with Gasteiger partial charge in [-0.1, -0.05) is 15.9 Å². The predicted molar refractivity (Wildman–Crippen MR) is 89.9 cm³/mol. The minimum absolute atomic E-state index is 0.0319. The van der Waals surface area contributed by atoms with Crippen LogP contribution in [0.1, 0.15) is 24.8 Å². The lowest BCUT2D eigenvalue weighted by Crippen LogP contribution is -2.42. The minimum atomic E-state index is -3.51. The third kappa shape index (κ3) is 3.08. The van der Waals surface area contributed by atoms with Crippen molar-refractivity contribution in [1.82, 2.24) is 9.62 Å². The maximum Gasteiger partial charge on any atom is 0.242 e. The fourth-order valence-electron chi connectivity index (χ4n) is 3.32. The van der Waals surface area contributed by atoms with Crippen LogP contribution in [0.2, 0.25) is 0 Å². The van der Waals surface area contributed by atoms with E-state index in [2.05, 4.69) is 41.5 Å². The number of hydrogen-bond donors (Lipinski definition) is 1. The van der Waals surface area contributed by atoms with Gasteiger partial charge in [0.2, 0.25) is 10.0 Å². The summed E-state index contributed by atoms with van der Waals surface area (Å²) in [5.41, 5.74) is 1.00. The maximum absolute atomic E-state index is 12.7. The molecule has 0 bridgehead atoms. The maximum atomic E-state index is 12.7. The second-order valence-corrected chi connectivity index (χ2v) is 9.18. The molecule has 0 spiro atoms. The molecule has 7 heteroatoms. The van der Waals surface area contributed by atoms with E-state index >= 15 is 0 Å². The van der Waals surface area contributed by atoms with Crippen LogP contribution in [0.25, 0.3) is 0 Å². The SMILES string of the molecule is Cc1cc(Br)c(S(=O)(=O)NC2CCN3CCCC23)cc1Br. The summed E-state index contributed by atoms with van der Waals surface area (Å²) in [6.07, 6.45) is 3.16. The van der Waals surface area contributed by atoms with Gasteiger partial charge in [0, 0.05) is 27.6 Å². The highest BCUT2D eigenvalue weighted by Gasteiger charge is 2.39. The predicted octanol–water partition coefficient (Wildman–Crippen LogP) is 3.04. The van der Waals surface area contributed by atoms with Crippen molar-refractivity contribution in [3.8, 4) is 0 Å². The normalized spacial score (nSPS) is 26.2. The standard InChI is InChI=1S/C14H18Br2N2O2S/c1-9-7-11(16)14(8-10(9)15)21(19,20)17-12-4-6-18-5-2-3-13(12)18/h7-8,12-13,17H,2-6H2,1H3. The van der Waals surface area contributed by atoms with E-state index in [0.29, 0.717) is 15.4 Å². The second-order valence-electron chi connectivity index (χ2n) is 5.79. The molecule has 1 N–H and O–H groups in total. The van der Waals surface area contributed by atoms with Crippen molar-refractivity contribution in [2.75, 3.05) is 13.1 Å². The summed E-state index contributed by atoms with van der Waals surface area (Å²) in [5, 5.41) is 0. The van der Waals surface area contributed by atoms with Crippen LogP contribution in [0.4, 0.5) is 0 Å². The Morgan fingerprint density at radius 2 is 1.95 bits per heavy atom. The molecule has 2 fully saturated rings. The molecular formula is C14H18Br2N2O2S. The zero-order valence-electron chi connectivity index (χ0n) is 11.8. The Balaban J connectivity index is 1.86. The lowest BCUT2D eigenvalue weighted by atomic mass is 10.1. The van der Waals surface area contributed by atoms with E-state index < -0.39 is 10.0 Å². The van der Waals surface area contributed by atoms with Gasteiger partial charge in [0.15, 0.2) is 0 Å². The lowest BCUT2D eigenvalue weighted by molar-refractivity contribution is 0.309. The van der Waals surface area contributed by atoms with Gasteiger partial charge in [-0.15, -0.1) is 0 Å². The average molecular weight is 438 g/mol. The topological polar surface area (TPSA) is 49.4 Å². The Morgan fingerprint density at radius 1 is 1.19 bits per heavy atom. The van der Waals surface area contributed by atoms with Gasteiger partial charge in [-0.3, -0.25) is 4.90 Å². The van der Waals surface area contributed by atoms with Gasteiger partial charge in [0.1, 0.15) is 0 Å². The first kappa shape index (κ1) is 15.9. The molecule has 0 radical (unpaired) electrons. The van der Waals surface area contributed by atoms with Crippen LogP contribution >= 0.6 is 31.9 Å². The molecule has 3 rings (SSSR count). The summed E-state index contributed by atoms with van der Waals surface area (Å²) in [6, 6.07) is 3.90. The first-order valence-electron chi connectivity index (χ1n) is 7.10. The van der Waals surface area contributed by atoms with Gasteiger partial charge in [0.05, 0.1) is 4.90 Å². The molecule has 1 aromatic rings. The number of benzene rings is 1. The number of rotatable bonds is 3. The van der Waals surface area contributed by atoms with Crippen LogP contribution < -0.4 is 4.72 Å². The summed E-state index contributed by atoms with van der Waals surface area (Å²) in [4.78, 5) is 2.70. The fourth-order valence-corrected chi connectivity index (χ4v) is 6.30. The number of nitrogens with zero attached hydrogens (tertiary/aromatic N) is 1. The molecule has 0 amide bonds. The van der Waals surface area contributed by atoms with E-state index in [9.17, 15) is 8.42 Å². The van der Waals surface area contributed by atoms with E-state index in [1.165, 1.54) is 6.42 Å². The molecule has 2 saturated heterocycles. The Morgan fingerprint density at radius 3 is 2.71 bits per heavy atom. The van der Waals surface area contributed by atoms with Crippen LogP contribution in [-0.2, 0) is 10.0 Å². The van der Waals surface area contributed by atoms with Crippen molar-refractivity contribution in [1.29, 1.82) is 0 Å². The zero-order valence-corrected chi connectivity index (χ0v) is 15.8. The van der Waals surface area contributed by atoms with Crippen molar-refractivity contribution in [2.24, 2.45) is 0 Å². The second kappa shape index (κ2) is 5.92. The van der Waals surface area contributed by atoms with Crippen molar-refractivity contribution >= 4 is 41.9 Å². The van der Waals surface area contributed by atoms with E-state index in [1.807, 2.05) is 13.0 Å². The van der Waals surface area contributed by atoms with Gasteiger partial charge < -0.3 is 0 Å². The number of halogens is 2. The highest BCUT2D eigenvalue weighted by molar-refractivity contribution is 9.11. The number of hydrogen-bond acceptors (Lipinski definition) is 3. The number of fused-ring (bicyclic) bond motifs is 1. The van der Waals surface area contributed by atoms with Crippen LogP contribution in [0.5, 0.6) is 0 Å². The summed E-state index contributed by atoms with van der Waals surface area (Å²) >= 11 is 6.78. The third-order valence-corrected chi connectivity index (χ3v) is 7.72. The van der Waals surface area contributed by atoms with Crippen LogP contribution in [0.3, 0.4) is 0 Å². The van der Waals surface area contributed by atoms with Gasteiger partial charge in [-0.2, -0.15) is 0 Å². The molecule has 0 aliphatic carbocycles. The molecule has 2 aliphatic heterocycles. The van der Waals surface area contributed by atoms with Crippen LogP contribution in [0.15, 0.2) is 26.0 Å². The fraction of sp³-hybridized carbons (Fsp3) is 0.571. The highest BCUT2D eigenvalue weighted by atomic mass is 79.9. The Hall–Kier alpha value is 0.0500. The molecule has 2 heterocycles. The Kier molecular flexibility index (Phi) is 4.49. The van der Waals surface area contributed by atoms with E-state index in [-0.39, 0.29) is 6.04 Å². The van der Waals surface area contributed by atoms with Gasteiger partial charge >= 0.3 is 0 Å². The molecule has 2 unspecified atom stereocenters. The average Bonchev–Trinajstić information content (AvgIpc) is 2.98. The van der Waals surface area contributed by atoms with E-state index in [0.717, 1.165) is 36.0 Å². The van der Waals surface area contributed by atoms with Crippen LogP contribution in [-0.4, -0.2) is 38.5 Å². The largest absolute Gasteiger partial charge is 0.299 e.